The van der Waals surface area contributed by atoms with Gasteiger partial charge in [-0.05, 0) is 67.6 Å². The molecule has 0 aromatic rings. The van der Waals surface area contributed by atoms with Crippen molar-refractivity contribution < 1.29 is 4.79 Å². The normalized spacial score (nSPS) is 52.7. The van der Waals surface area contributed by atoms with Gasteiger partial charge in [0.1, 0.15) is 5.78 Å². The molecule has 1 nitrogen and oxygen atoms in total. The predicted molar refractivity (Wildman–Crippen MR) is 92.9 cm³/mol. The minimum Gasteiger partial charge on any atom is -0.299 e. The summed E-state index contributed by atoms with van der Waals surface area (Å²) in [4.78, 5) is 12.6. The molecule has 0 amide bonds. The van der Waals surface area contributed by atoms with E-state index < -0.39 is 0 Å². The smallest absolute Gasteiger partial charge is 0.139 e. The highest BCUT2D eigenvalue weighted by Crippen LogP contribution is 2.71. The highest BCUT2D eigenvalue weighted by molar-refractivity contribution is 5.87. The van der Waals surface area contributed by atoms with Gasteiger partial charge >= 0.3 is 0 Å². The summed E-state index contributed by atoms with van der Waals surface area (Å²) in [5, 5.41) is 0. The van der Waals surface area contributed by atoms with Gasteiger partial charge in [-0.1, -0.05) is 44.6 Å². The van der Waals surface area contributed by atoms with Crippen LogP contribution in [0.3, 0.4) is 0 Å². The van der Waals surface area contributed by atoms with Crippen molar-refractivity contribution in [1.29, 1.82) is 0 Å². The van der Waals surface area contributed by atoms with Gasteiger partial charge in [0.15, 0.2) is 0 Å². The quantitative estimate of drug-likeness (QED) is 0.543. The number of allylic oxidation sites excluding steroid dienone is 4. The molecular weight excluding hydrogens is 280 g/mol. The molecule has 23 heavy (non-hydrogen) atoms. The van der Waals surface area contributed by atoms with Crippen LogP contribution in [0.1, 0.15) is 72.1 Å². The zero-order valence-electron chi connectivity index (χ0n) is 15.0. The Morgan fingerprint density at radius 1 is 0.957 bits per heavy atom. The van der Waals surface area contributed by atoms with Crippen LogP contribution in [0, 0.1) is 33.5 Å². The first-order valence-corrected chi connectivity index (χ1v) is 9.76. The van der Waals surface area contributed by atoms with Crippen molar-refractivity contribution in [3.8, 4) is 0 Å². The molecule has 0 bridgehead atoms. The van der Waals surface area contributed by atoms with Crippen molar-refractivity contribution in [3.05, 3.63) is 23.8 Å². The minimum atomic E-state index is -0.0130. The van der Waals surface area contributed by atoms with Crippen molar-refractivity contribution in [2.45, 2.75) is 72.1 Å². The van der Waals surface area contributed by atoms with Crippen molar-refractivity contribution >= 4 is 5.78 Å². The van der Waals surface area contributed by atoms with Crippen molar-refractivity contribution in [3.63, 3.8) is 0 Å². The molecule has 0 N–H and O–H groups in total. The third-order valence-corrected chi connectivity index (χ3v) is 9.17. The largest absolute Gasteiger partial charge is 0.299 e. The number of rotatable bonds is 0. The van der Waals surface area contributed by atoms with E-state index in [2.05, 4.69) is 39.0 Å². The molecule has 5 atom stereocenters. The highest BCUT2D eigenvalue weighted by Gasteiger charge is 2.64. The van der Waals surface area contributed by atoms with Crippen LogP contribution in [0.5, 0.6) is 0 Å². The Bertz CT molecular complexity index is 649. The lowest BCUT2D eigenvalue weighted by atomic mass is 9.42. The van der Waals surface area contributed by atoms with Crippen molar-refractivity contribution in [2.75, 3.05) is 0 Å². The fourth-order valence-corrected chi connectivity index (χ4v) is 7.54. The van der Waals surface area contributed by atoms with Crippen LogP contribution in [0.25, 0.3) is 0 Å². The standard InChI is InChI=1S/C22H30O/c1-19-10-11-22(12-13-22)14-15(19)6-8-20(2)16-4-5-18(23)21(16,3)9-7-17(19)20/h6,12-13,16-17H,4-5,7-11,14H2,1-3H3/t16-,17+,19-,20-,21-/m0/s1. The summed E-state index contributed by atoms with van der Waals surface area (Å²) < 4.78 is 0. The maximum Gasteiger partial charge on any atom is 0.139 e. The summed E-state index contributed by atoms with van der Waals surface area (Å²) in [5.41, 5.74) is 2.96. The summed E-state index contributed by atoms with van der Waals surface area (Å²) in [6.45, 7) is 7.40. The predicted octanol–water partition coefficient (Wildman–Crippen LogP) is 5.46. The Balaban J connectivity index is 1.56. The second-order valence-corrected chi connectivity index (χ2v) is 10.1. The van der Waals surface area contributed by atoms with E-state index in [1.165, 1.54) is 32.1 Å². The Hall–Kier alpha value is -0.850. The molecule has 0 aromatic heterocycles. The van der Waals surface area contributed by atoms with Crippen molar-refractivity contribution in [1.82, 2.24) is 0 Å². The number of ketones is 1. The first-order valence-electron chi connectivity index (χ1n) is 9.76. The molecule has 5 rings (SSSR count). The van der Waals surface area contributed by atoms with E-state index in [-0.39, 0.29) is 5.41 Å². The number of fused-ring (bicyclic) bond motifs is 5. The number of carbonyl (C=O) groups excluding carboxylic acids is 1. The van der Waals surface area contributed by atoms with Gasteiger partial charge < -0.3 is 0 Å². The van der Waals surface area contributed by atoms with Crippen LogP contribution in [-0.2, 0) is 4.79 Å². The molecule has 124 valence electrons. The van der Waals surface area contributed by atoms with E-state index in [9.17, 15) is 4.79 Å². The van der Waals surface area contributed by atoms with Crippen LogP contribution in [-0.4, -0.2) is 5.78 Å². The Morgan fingerprint density at radius 3 is 2.43 bits per heavy atom. The minimum absolute atomic E-state index is 0.0130. The third-order valence-electron chi connectivity index (χ3n) is 9.17. The summed E-state index contributed by atoms with van der Waals surface area (Å²) in [6.07, 6.45) is 17.1. The van der Waals surface area contributed by atoms with Gasteiger partial charge in [0.2, 0.25) is 0 Å². The van der Waals surface area contributed by atoms with Gasteiger partial charge in [0, 0.05) is 17.3 Å². The van der Waals surface area contributed by atoms with Gasteiger partial charge in [-0.2, -0.15) is 0 Å². The SMILES string of the molecule is C[C@@]12CC=C3CC4(C=C4)CC[C@]3(C)[C@H]1CC[C@]1(C)C(=O)CC[C@@H]21. The molecular formula is C22H30O. The zero-order valence-corrected chi connectivity index (χ0v) is 15.0. The summed E-state index contributed by atoms with van der Waals surface area (Å²) in [6, 6.07) is 0. The van der Waals surface area contributed by atoms with Crippen LogP contribution < -0.4 is 0 Å². The van der Waals surface area contributed by atoms with Gasteiger partial charge in [0.25, 0.3) is 0 Å². The van der Waals surface area contributed by atoms with E-state index in [1.807, 2.05) is 0 Å². The lowest BCUT2D eigenvalue weighted by molar-refractivity contribution is -0.140. The first kappa shape index (κ1) is 14.5. The average molecular weight is 310 g/mol. The van der Waals surface area contributed by atoms with Crippen LogP contribution in [0.2, 0.25) is 0 Å². The van der Waals surface area contributed by atoms with Crippen molar-refractivity contribution in [2.24, 2.45) is 33.5 Å². The maximum atomic E-state index is 12.6. The van der Waals surface area contributed by atoms with Crippen LogP contribution in [0.4, 0.5) is 0 Å². The second-order valence-electron chi connectivity index (χ2n) is 10.1. The second kappa shape index (κ2) is 4.03. The Kier molecular flexibility index (Phi) is 2.54. The molecule has 0 aliphatic heterocycles. The van der Waals surface area contributed by atoms with Gasteiger partial charge in [-0.15, -0.1) is 0 Å². The summed E-state index contributed by atoms with van der Waals surface area (Å²) in [5.74, 6) is 1.97. The van der Waals surface area contributed by atoms with Gasteiger partial charge in [-0.3, -0.25) is 4.79 Å². The molecule has 3 saturated carbocycles. The third kappa shape index (κ3) is 1.62. The van der Waals surface area contributed by atoms with E-state index in [1.54, 1.807) is 5.57 Å². The molecule has 0 aromatic carbocycles. The summed E-state index contributed by atoms with van der Waals surface area (Å²) in [7, 11) is 0. The maximum absolute atomic E-state index is 12.6. The highest BCUT2D eigenvalue weighted by atomic mass is 16.1. The molecule has 1 heteroatoms. The topological polar surface area (TPSA) is 17.1 Å². The van der Waals surface area contributed by atoms with E-state index in [4.69, 9.17) is 0 Å². The molecule has 5 aliphatic carbocycles. The number of hydrogen-bond acceptors (Lipinski definition) is 1. The molecule has 0 unspecified atom stereocenters. The van der Waals surface area contributed by atoms with E-state index in [0.717, 1.165) is 25.2 Å². The molecule has 0 heterocycles. The fourth-order valence-electron chi connectivity index (χ4n) is 7.54. The van der Waals surface area contributed by atoms with Crippen LogP contribution in [0.15, 0.2) is 23.8 Å². The lowest BCUT2D eigenvalue weighted by Crippen LogP contribution is -2.55. The monoisotopic (exact) mass is 310 g/mol. The molecule has 3 fully saturated rings. The lowest BCUT2D eigenvalue weighted by Gasteiger charge is -2.62. The van der Waals surface area contributed by atoms with E-state index >= 15 is 0 Å². The van der Waals surface area contributed by atoms with Gasteiger partial charge in [-0.25, -0.2) is 0 Å². The average Bonchev–Trinajstić information content (AvgIpc) is 3.19. The zero-order chi connectivity index (χ0) is 16.1. The number of hydrogen-bond donors (Lipinski definition) is 0. The number of carbonyl (C=O) groups is 1. The molecule has 0 radical (unpaired) electrons. The summed E-state index contributed by atoms with van der Waals surface area (Å²) >= 11 is 0. The first-order chi connectivity index (χ1) is 10.8. The Morgan fingerprint density at radius 2 is 1.70 bits per heavy atom. The fraction of sp³-hybridized carbons (Fsp3) is 0.773. The van der Waals surface area contributed by atoms with Crippen LogP contribution >= 0.6 is 0 Å². The molecule has 1 spiro atoms. The molecule has 5 aliphatic rings. The number of Topliss-reactive ketones (excluding diaryl/α,β-unsaturated/α-hetero) is 1. The Labute approximate surface area is 140 Å². The van der Waals surface area contributed by atoms with Gasteiger partial charge in [0.05, 0.1) is 0 Å². The van der Waals surface area contributed by atoms with E-state index in [0.29, 0.717) is 27.9 Å². The molecule has 0 saturated heterocycles.